The van der Waals surface area contributed by atoms with Crippen molar-refractivity contribution in [2.75, 3.05) is 12.9 Å². The van der Waals surface area contributed by atoms with Gasteiger partial charge in [0.05, 0.1) is 6.04 Å². The second kappa shape index (κ2) is 6.61. The molecule has 1 atom stereocenters. The number of aromatic nitrogens is 1. The van der Waals surface area contributed by atoms with Gasteiger partial charge in [-0.15, -0.1) is 11.8 Å². The summed E-state index contributed by atoms with van der Waals surface area (Å²) >= 11 is 1.77. The summed E-state index contributed by atoms with van der Waals surface area (Å²) in [5.74, 6) is 1.30. The molecule has 2 heterocycles. The molecule has 22 heavy (non-hydrogen) atoms. The Morgan fingerprint density at radius 3 is 2.68 bits per heavy atom. The van der Waals surface area contributed by atoms with Gasteiger partial charge in [0.15, 0.2) is 0 Å². The molecule has 1 aliphatic heterocycles. The average molecular weight is 314 g/mol. The van der Waals surface area contributed by atoms with E-state index in [1.165, 1.54) is 10.5 Å². The Morgan fingerprint density at radius 1 is 1.27 bits per heavy atom. The molecule has 3 nitrogen and oxygen atoms in total. The number of hydrogen-bond acceptors (Lipinski definition) is 3. The quantitative estimate of drug-likeness (QED) is 0.778. The average Bonchev–Trinajstić information content (AvgIpc) is 3.16. The first-order valence-corrected chi connectivity index (χ1v) is 8.89. The Bertz CT molecular complexity index is 658. The van der Waals surface area contributed by atoms with Gasteiger partial charge in [0.1, 0.15) is 12.3 Å². The molecule has 1 aliphatic rings. The maximum atomic E-state index is 5.81. The van der Waals surface area contributed by atoms with Gasteiger partial charge in [-0.1, -0.05) is 26.0 Å². The topological polar surface area (TPSA) is 26.5 Å². The standard InChI is InChI=1S/C18H22N2OS/c1-13(2)16-12-21-18(19-16)17-5-4-10-20(17)11-14-6-8-15(22-3)9-7-14/h4-10,13,16H,11-12H2,1-3H3/t16-/m0/s1. The molecule has 116 valence electrons. The van der Waals surface area contributed by atoms with Crippen LogP contribution in [0.15, 0.2) is 52.5 Å². The third kappa shape index (κ3) is 3.22. The lowest BCUT2D eigenvalue weighted by atomic mass is 10.1. The maximum absolute atomic E-state index is 5.81. The number of benzene rings is 1. The van der Waals surface area contributed by atoms with E-state index in [0.29, 0.717) is 12.5 Å². The van der Waals surface area contributed by atoms with Gasteiger partial charge in [0.25, 0.3) is 0 Å². The highest BCUT2D eigenvalue weighted by molar-refractivity contribution is 7.98. The summed E-state index contributed by atoms with van der Waals surface area (Å²) in [6.45, 7) is 5.91. The van der Waals surface area contributed by atoms with Crippen LogP contribution in [0.5, 0.6) is 0 Å². The first-order chi connectivity index (χ1) is 10.7. The Labute approximate surface area is 136 Å². The second-order valence-electron chi connectivity index (χ2n) is 5.93. The van der Waals surface area contributed by atoms with Crippen LogP contribution in [0.2, 0.25) is 0 Å². The molecule has 0 unspecified atom stereocenters. The lowest BCUT2D eigenvalue weighted by molar-refractivity contribution is 0.290. The minimum atomic E-state index is 0.277. The van der Waals surface area contributed by atoms with Crippen molar-refractivity contribution in [1.29, 1.82) is 0 Å². The minimum Gasteiger partial charge on any atom is -0.474 e. The Balaban J connectivity index is 1.79. The van der Waals surface area contributed by atoms with Crippen LogP contribution in [0.25, 0.3) is 0 Å². The zero-order valence-corrected chi connectivity index (χ0v) is 14.1. The highest BCUT2D eigenvalue weighted by atomic mass is 32.2. The molecule has 0 fully saturated rings. The number of hydrogen-bond donors (Lipinski definition) is 0. The molecule has 0 saturated carbocycles. The van der Waals surface area contributed by atoms with Crippen molar-refractivity contribution < 1.29 is 4.74 Å². The highest BCUT2D eigenvalue weighted by Gasteiger charge is 2.24. The lowest BCUT2D eigenvalue weighted by Gasteiger charge is -2.09. The van der Waals surface area contributed by atoms with E-state index < -0.39 is 0 Å². The summed E-state index contributed by atoms with van der Waals surface area (Å²) in [5, 5.41) is 0. The zero-order valence-electron chi connectivity index (χ0n) is 13.3. The van der Waals surface area contributed by atoms with Crippen LogP contribution >= 0.6 is 11.8 Å². The van der Waals surface area contributed by atoms with Crippen LogP contribution in [-0.4, -0.2) is 29.4 Å². The number of rotatable bonds is 5. The van der Waals surface area contributed by atoms with E-state index in [1.54, 1.807) is 11.8 Å². The summed E-state index contributed by atoms with van der Waals surface area (Å²) in [6, 6.07) is 13.1. The SMILES string of the molecule is CSc1ccc(Cn2cccc2C2=N[C@H](C(C)C)CO2)cc1. The van der Waals surface area contributed by atoms with Crippen molar-refractivity contribution in [3.63, 3.8) is 0 Å². The third-order valence-electron chi connectivity index (χ3n) is 4.00. The summed E-state index contributed by atoms with van der Waals surface area (Å²) in [4.78, 5) is 6.02. The highest BCUT2D eigenvalue weighted by Crippen LogP contribution is 2.20. The van der Waals surface area contributed by atoms with Crippen molar-refractivity contribution in [3.05, 3.63) is 53.9 Å². The van der Waals surface area contributed by atoms with Crippen molar-refractivity contribution in [2.45, 2.75) is 31.3 Å². The van der Waals surface area contributed by atoms with E-state index >= 15 is 0 Å². The molecule has 0 bridgehead atoms. The van der Waals surface area contributed by atoms with Gasteiger partial charge in [-0.2, -0.15) is 0 Å². The number of ether oxygens (including phenoxy) is 1. The molecule has 2 aromatic rings. The van der Waals surface area contributed by atoms with Crippen molar-refractivity contribution >= 4 is 17.7 Å². The smallest absolute Gasteiger partial charge is 0.233 e. The molecule has 4 heteroatoms. The van der Waals surface area contributed by atoms with E-state index in [1.807, 2.05) is 0 Å². The molecule has 0 N–H and O–H groups in total. The van der Waals surface area contributed by atoms with Crippen molar-refractivity contribution in [1.82, 2.24) is 4.57 Å². The van der Waals surface area contributed by atoms with Gasteiger partial charge in [-0.05, 0) is 42.0 Å². The largest absolute Gasteiger partial charge is 0.474 e. The van der Waals surface area contributed by atoms with Gasteiger partial charge in [-0.25, -0.2) is 4.99 Å². The van der Waals surface area contributed by atoms with Crippen molar-refractivity contribution in [2.24, 2.45) is 10.9 Å². The fourth-order valence-electron chi connectivity index (χ4n) is 2.54. The van der Waals surface area contributed by atoms with Gasteiger partial charge in [-0.3, -0.25) is 0 Å². The predicted molar refractivity (Wildman–Crippen MR) is 92.9 cm³/mol. The van der Waals surface area contributed by atoms with E-state index in [-0.39, 0.29) is 6.04 Å². The Hall–Kier alpha value is -1.68. The van der Waals surface area contributed by atoms with Crippen LogP contribution in [0.3, 0.4) is 0 Å². The Kier molecular flexibility index (Phi) is 4.57. The molecule has 0 amide bonds. The maximum Gasteiger partial charge on any atom is 0.233 e. The minimum absolute atomic E-state index is 0.277. The van der Waals surface area contributed by atoms with Crippen molar-refractivity contribution in [3.8, 4) is 0 Å². The monoisotopic (exact) mass is 314 g/mol. The Morgan fingerprint density at radius 2 is 2.05 bits per heavy atom. The molecular formula is C18H22N2OS. The predicted octanol–water partition coefficient (Wildman–Crippen LogP) is 4.06. The third-order valence-corrected chi connectivity index (χ3v) is 4.75. The normalized spacial score (nSPS) is 17.6. The van der Waals surface area contributed by atoms with E-state index in [0.717, 1.165) is 18.1 Å². The van der Waals surface area contributed by atoms with E-state index in [4.69, 9.17) is 9.73 Å². The van der Waals surface area contributed by atoms with Gasteiger partial charge < -0.3 is 9.30 Å². The summed E-state index contributed by atoms with van der Waals surface area (Å²) in [7, 11) is 0. The number of thioether (sulfide) groups is 1. The fourth-order valence-corrected chi connectivity index (χ4v) is 2.95. The van der Waals surface area contributed by atoms with Gasteiger partial charge in [0, 0.05) is 17.6 Å². The van der Waals surface area contributed by atoms with Crippen LogP contribution in [0.4, 0.5) is 0 Å². The lowest BCUT2D eigenvalue weighted by Crippen LogP contribution is -2.13. The number of nitrogens with zero attached hydrogens (tertiary/aromatic N) is 2. The molecule has 1 aromatic heterocycles. The summed E-state index contributed by atoms with van der Waals surface area (Å²) < 4.78 is 8.02. The molecule has 1 aromatic carbocycles. The molecular weight excluding hydrogens is 292 g/mol. The summed E-state index contributed by atoms with van der Waals surface area (Å²) in [6.07, 6.45) is 4.19. The number of aliphatic imine (C=N–C) groups is 1. The second-order valence-corrected chi connectivity index (χ2v) is 6.81. The van der Waals surface area contributed by atoms with Crippen LogP contribution in [0.1, 0.15) is 25.1 Å². The molecule has 0 radical (unpaired) electrons. The fraction of sp³-hybridized carbons (Fsp3) is 0.389. The first-order valence-electron chi connectivity index (χ1n) is 7.66. The molecule has 0 aliphatic carbocycles. The molecule has 0 saturated heterocycles. The first kappa shape index (κ1) is 15.2. The summed E-state index contributed by atoms with van der Waals surface area (Å²) in [5.41, 5.74) is 2.35. The van der Waals surface area contributed by atoms with E-state index in [9.17, 15) is 0 Å². The van der Waals surface area contributed by atoms with Gasteiger partial charge >= 0.3 is 0 Å². The van der Waals surface area contributed by atoms with Crippen LogP contribution < -0.4 is 0 Å². The molecule has 3 rings (SSSR count). The van der Waals surface area contributed by atoms with Crippen LogP contribution in [0, 0.1) is 5.92 Å². The van der Waals surface area contributed by atoms with Crippen LogP contribution in [-0.2, 0) is 11.3 Å². The molecule has 0 spiro atoms. The van der Waals surface area contributed by atoms with E-state index in [2.05, 4.69) is 67.3 Å². The van der Waals surface area contributed by atoms with Gasteiger partial charge in [0.2, 0.25) is 5.90 Å². The zero-order chi connectivity index (χ0) is 15.5.